The van der Waals surface area contributed by atoms with Gasteiger partial charge in [0.05, 0.1) is 37.2 Å². The SMILES string of the molecule is O=C([C@H]1CN(C(=O)Cn2ncc(=O)c3ccccc32)c2ccccc2O1)N1CCOCC1. The molecule has 2 aromatic carbocycles. The van der Waals surface area contributed by atoms with Crippen LogP contribution in [0, 0.1) is 0 Å². The molecule has 2 aliphatic heterocycles. The van der Waals surface area contributed by atoms with Gasteiger partial charge < -0.3 is 19.3 Å². The summed E-state index contributed by atoms with van der Waals surface area (Å²) < 4.78 is 12.8. The number of hydrogen-bond donors (Lipinski definition) is 0. The maximum absolute atomic E-state index is 13.4. The van der Waals surface area contributed by atoms with Crippen LogP contribution >= 0.6 is 0 Å². The second-order valence-corrected chi connectivity index (χ2v) is 7.70. The van der Waals surface area contributed by atoms with Gasteiger partial charge in [0.15, 0.2) is 6.10 Å². The van der Waals surface area contributed by atoms with E-state index in [4.69, 9.17) is 9.47 Å². The fourth-order valence-electron chi connectivity index (χ4n) is 4.09. The lowest BCUT2D eigenvalue weighted by atomic mass is 10.1. The van der Waals surface area contributed by atoms with E-state index in [0.717, 1.165) is 0 Å². The fraction of sp³-hybridized carbons (Fsp3) is 0.304. The van der Waals surface area contributed by atoms with E-state index in [0.29, 0.717) is 48.6 Å². The Bertz CT molecular complexity index is 1230. The van der Waals surface area contributed by atoms with Gasteiger partial charge in [0.25, 0.3) is 5.91 Å². The van der Waals surface area contributed by atoms with Crippen LogP contribution in [0.5, 0.6) is 5.75 Å². The molecule has 1 fully saturated rings. The Kier molecular flexibility index (Phi) is 5.32. The Morgan fingerprint density at radius 1 is 1.03 bits per heavy atom. The molecule has 1 aromatic heterocycles. The normalized spacial score (nSPS) is 18.2. The van der Waals surface area contributed by atoms with E-state index in [9.17, 15) is 14.4 Å². The minimum atomic E-state index is -0.800. The van der Waals surface area contributed by atoms with Gasteiger partial charge in [-0.2, -0.15) is 5.10 Å². The number of carbonyl (C=O) groups excluding carboxylic acids is 2. The minimum Gasteiger partial charge on any atom is -0.476 e. The predicted molar refractivity (Wildman–Crippen MR) is 117 cm³/mol. The molecule has 3 aromatic rings. The van der Waals surface area contributed by atoms with Crippen LogP contribution in [0.1, 0.15) is 0 Å². The summed E-state index contributed by atoms with van der Waals surface area (Å²) in [4.78, 5) is 41.8. The van der Waals surface area contributed by atoms with Gasteiger partial charge in [0, 0.05) is 18.5 Å². The summed E-state index contributed by atoms with van der Waals surface area (Å²) in [6.07, 6.45) is 0.416. The van der Waals surface area contributed by atoms with E-state index in [1.807, 2.05) is 6.07 Å². The van der Waals surface area contributed by atoms with Crippen molar-refractivity contribution >= 4 is 28.4 Å². The highest BCUT2D eigenvalue weighted by Gasteiger charge is 2.36. The van der Waals surface area contributed by atoms with Crippen LogP contribution in [0.15, 0.2) is 59.5 Å². The molecule has 32 heavy (non-hydrogen) atoms. The summed E-state index contributed by atoms with van der Waals surface area (Å²) in [5.41, 5.74) is 0.988. The van der Waals surface area contributed by atoms with E-state index in [1.54, 1.807) is 52.3 Å². The first-order valence-corrected chi connectivity index (χ1v) is 10.5. The van der Waals surface area contributed by atoms with Crippen LogP contribution in [0.4, 0.5) is 5.69 Å². The molecule has 164 valence electrons. The standard InChI is InChI=1S/C23H22N4O5/c28-19-13-24-27(17-6-2-1-5-16(17)19)15-22(29)26-14-21(23(30)25-9-11-31-12-10-25)32-20-8-4-3-7-18(20)26/h1-8,13,21H,9-12,14-15H2/t21-/m1/s1. The summed E-state index contributed by atoms with van der Waals surface area (Å²) in [7, 11) is 0. The highest BCUT2D eigenvalue weighted by molar-refractivity contribution is 5.97. The van der Waals surface area contributed by atoms with Crippen molar-refractivity contribution in [2.45, 2.75) is 12.6 Å². The average molecular weight is 434 g/mol. The van der Waals surface area contributed by atoms with Crippen LogP contribution < -0.4 is 15.1 Å². The largest absolute Gasteiger partial charge is 0.476 e. The first-order valence-electron chi connectivity index (χ1n) is 10.5. The van der Waals surface area contributed by atoms with Gasteiger partial charge in [-0.3, -0.25) is 19.1 Å². The summed E-state index contributed by atoms with van der Waals surface area (Å²) in [5.74, 6) is 0.0748. The second-order valence-electron chi connectivity index (χ2n) is 7.70. The van der Waals surface area contributed by atoms with Crippen LogP contribution in [0.25, 0.3) is 10.9 Å². The number of para-hydroxylation sites is 3. The number of rotatable bonds is 3. The molecule has 1 saturated heterocycles. The number of fused-ring (bicyclic) bond motifs is 2. The van der Waals surface area contributed by atoms with Crippen molar-refractivity contribution < 1.29 is 19.1 Å². The maximum atomic E-state index is 13.4. The van der Waals surface area contributed by atoms with E-state index < -0.39 is 6.10 Å². The first-order chi connectivity index (χ1) is 15.6. The molecule has 2 amide bonds. The third-order valence-electron chi connectivity index (χ3n) is 5.72. The number of anilines is 1. The fourth-order valence-corrected chi connectivity index (χ4v) is 4.09. The van der Waals surface area contributed by atoms with Crippen molar-refractivity contribution in [3.8, 4) is 5.75 Å². The molecule has 9 nitrogen and oxygen atoms in total. The predicted octanol–water partition coefficient (Wildman–Crippen LogP) is 1.05. The average Bonchev–Trinajstić information content (AvgIpc) is 2.85. The quantitative estimate of drug-likeness (QED) is 0.612. The molecule has 0 saturated carbocycles. The van der Waals surface area contributed by atoms with Crippen LogP contribution in [0.3, 0.4) is 0 Å². The Morgan fingerprint density at radius 3 is 2.62 bits per heavy atom. The topological polar surface area (TPSA) is 94.0 Å². The number of hydrogen-bond acceptors (Lipinski definition) is 6. The molecule has 0 bridgehead atoms. The molecule has 0 unspecified atom stereocenters. The first kappa shape index (κ1) is 20.2. The third kappa shape index (κ3) is 3.71. The molecule has 0 radical (unpaired) electrons. The zero-order chi connectivity index (χ0) is 22.1. The van der Waals surface area contributed by atoms with Crippen molar-refractivity contribution in [1.29, 1.82) is 0 Å². The van der Waals surface area contributed by atoms with Crippen LogP contribution in [-0.4, -0.2) is 65.4 Å². The monoisotopic (exact) mass is 434 g/mol. The Morgan fingerprint density at radius 2 is 1.78 bits per heavy atom. The smallest absolute Gasteiger partial charge is 0.265 e. The number of aromatic nitrogens is 2. The summed E-state index contributed by atoms with van der Waals surface area (Å²) in [6.45, 7) is 2.01. The van der Waals surface area contributed by atoms with Gasteiger partial charge >= 0.3 is 0 Å². The van der Waals surface area contributed by atoms with Crippen molar-refractivity contribution in [2.24, 2.45) is 0 Å². The van der Waals surface area contributed by atoms with E-state index in [1.165, 1.54) is 10.9 Å². The van der Waals surface area contributed by atoms with Crippen molar-refractivity contribution in [3.05, 3.63) is 65.0 Å². The molecule has 3 heterocycles. The number of ether oxygens (including phenoxy) is 2. The van der Waals surface area contributed by atoms with Crippen molar-refractivity contribution in [2.75, 3.05) is 37.7 Å². The van der Waals surface area contributed by atoms with E-state index >= 15 is 0 Å². The van der Waals surface area contributed by atoms with Gasteiger partial charge in [-0.15, -0.1) is 0 Å². The Hall–Kier alpha value is -3.72. The summed E-state index contributed by atoms with van der Waals surface area (Å²) in [5, 5.41) is 4.66. The van der Waals surface area contributed by atoms with E-state index in [-0.39, 0.29) is 30.3 Å². The molecular formula is C23H22N4O5. The van der Waals surface area contributed by atoms with Crippen LogP contribution in [0.2, 0.25) is 0 Å². The lowest BCUT2D eigenvalue weighted by Gasteiger charge is -2.37. The zero-order valence-corrected chi connectivity index (χ0v) is 17.3. The lowest BCUT2D eigenvalue weighted by molar-refractivity contribution is -0.142. The zero-order valence-electron chi connectivity index (χ0n) is 17.3. The molecular weight excluding hydrogens is 412 g/mol. The van der Waals surface area contributed by atoms with Crippen LogP contribution in [-0.2, 0) is 20.9 Å². The highest BCUT2D eigenvalue weighted by atomic mass is 16.5. The molecule has 0 N–H and O–H groups in total. The van der Waals surface area contributed by atoms with Gasteiger partial charge in [-0.05, 0) is 24.3 Å². The van der Waals surface area contributed by atoms with Gasteiger partial charge in [0.2, 0.25) is 11.3 Å². The molecule has 0 aliphatic carbocycles. The number of nitrogens with zero attached hydrogens (tertiary/aromatic N) is 4. The van der Waals surface area contributed by atoms with E-state index in [2.05, 4.69) is 5.10 Å². The summed E-state index contributed by atoms with van der Waals surface area (Å²) >= 11 is 0. The number of morpholine rings is 1. The Labute approximate surface area is 183 Å². The van der Waals surface area contributed by atoms with Gasteiger partial charge in [0.1, 0.15) is 12.3 Å². The second kappa shape index (κ2) is 8.43. The minimum absolute atomic E-state index is 0.0758. The molecule has 2 aliphatic rings. The van der Waals surface area contributed by atoms with Crippen molar-refractivity contribution in [3.63, 3.8) is 0 Å². The van der Waals surface area contributed by atoms with Gasteiger partial charge in [-0.25, -0.2) is 0 Å². The molecule has 1 atom stereocenters. The number of carbonyl (C=O) groups is 2. The molecule has 5 rings (SSSR count). The third-order valence-corrected chi connectivity index (χ3v) is 5.72. The molecule has 9 heteroatoms. The highest BCUT2D eigenvalue weighted by Crippen LogP contribution is 2.34. The molecule has 0 spiro atoms. The summed E-state index contributed by atoms with van der Waals surface area (Å²) in [6, 6.07) is 14.2. The maximum Gasteiger partial charge on any atom is 0.265 e. The van der Waals surface area contributed by atoms with Crippen molar-refractivity contribution in [1.82, 2.24) is 14.7 Å². The van der Waals surface area contributed by atoms with Gasteiger partial charge in [-0.1, -0.05) is 24.3 Å². The number of amides is 2. The lowest BCUT2D eigenvalue weighted by Crippen LogP contribution is -2.54. The number of benzene rings is 2. The Balaban J connectivity index is 1.44.